The van der Waals surface area contributed by atoms with Crippen LogP contribution in [0.15, 0.2) is 53.1 Å². The summed E-state index contributed by atoms with van der Waals surface area (Å²) >= 11 is 0. The topological polar surface area (TPSA) is 114 Å². The number of aliphatic hydroxyl groups is 2. The maximum atomic E-state index is 10.2. The molecule has 1 aromatic heterocycles. The Kier molecular flexibility index (Phi) is 7.33. The standard InChI is InChI=1S/C24H31N3O4/c1-4-24(25,15-28)23(29)26-20-9-11-21(12-10-20)30-14-13-18-5-7-19(8-6-18)22-16(2)27-31-17(22)3/h5-12,23,26,28-29H,4,13-15,25H2,1-3H3/t23?,24-/m0/s1. The molecule has 0 bridgehead atoms. The zero-order chi connectivity index (χ0) is 22.4. The van der Waals surface area contributed by atoms with Crippen LogP contribution in [0.2, 0.25) is 0 Å². The minimum atomic E-state index is -1.09. The molecule has 7 heteroatoms. The summed E-state index contributed by atoms with van der Waals surface area (Å²) in [6.45, 7) is 5.92. The lowest BCUT2D eigenvalue weighted by Crippen LogP contribution is -2.56. The molecule has 3 aromatic rings. The van der Waals surface area contributed by atoms with E-state index in [4.69, 9.17) is 15.0 Å². The van der Waals surface area contributed by atoms with Crippen molar-refractivity contribution < 1.29 is 19.5 Å². The van der Waals surface area contributed by atoms with Gasteiger partial charge in [-0.25, -0.2) is 0 Å². The number of nitrogens with zero attached hydrogens (tertiary/aromatic N) is 1. The van der Waals surface area contributed by atoms with Gasteiger partial charge in [0.25, 0.3) is 0 Å². The number of aromatic nitrogens is 1. The van der Waals surface area contributed by atoms with Gasteiger partial charge >= 0.3 is 0 Å². The molecule has 0 saturated carbocycles. The molecular formula is C24H31N3O4. The van der Waals surface area contributed by atoms with Gasteiger partial charge in [-0.05, 0) is 55.7 Å². The molecule has 5 N–H and O–H groups in total. The summed E-state index contributed by atoms with van der Waals surface area (Å²) in [7, 11) is 0. The van der Waals surface area contributed by atoms with Gasteiger partial charge in [0.2, 0.25) is 0 Å². The average molecular weight is 426 g/mol. The SMILES string of the molecule is CC[C@](N)(CO)C(O)Nc1ccc(OCCc2ccc(-c3c(C)noc3C)cc2)cc1. The molecule has 31 heavy (non-hydrogen) atoms. The molecule has 2 atom stereocenters. The second-order valence-corrected chi connectivity index (χ2v) is 7.81. The molecule has 0 aliphatic carbocycles. The fraction of sp³-hybridized carbons (Fsp3) is 0.375. The molecule has 1 heterocycles. The van der Waals surface area contributed by atoms with Crippen molar-refractivity contribution in [3.8, 4) is 16.9 Å². The number of hydrogen-bond donors (Lipinski definition) is 4. The maximum Gasteiger partial charge on any atom is 0.144 e. The highest BCUT2D eigenvalue weighted by Gasteiger charge is 2.31. The number of aryl methyl sites for hydroxylation is 2. The van der Waals surface area contributed by atoms with Gasteiger partial charge in [0.15, 0.2) is 0 Å². The number of rotatable bonds is 10. The molecule has 3 rings (SSSR count). The van der Waals surface area contributed by atoms with E-state index in [1.165, 1.54) is 5.56 Å². The van der Waals surface area contributed by atoms with E-state index in [9.17, 15) is 10.2 Å². The Morgan fingerprint density at radius 2 is 1.81 bits per heavy atom. The molecule has 1 unspecified atom stereocenters. The average Bonchev–Trinajstić information content (AvgIpc) is 3.12. The van der Waals surface area contributed by atoms with E-state index in [-0.39, 0.29) is 6.61 Å². The lowest BCUT2D eigenvalue weighted by atomic mass is 9.96. The van der Waals surface area contributed by atoms with Crippen molar-refractivity contribution in [2.24, 2.45) is 5.73 Å². The first kappa shape index (κ1) is 22.8. The summed E-state index contributed by atoms with van der Waals surface area (Å²) in [5.74, 6) is 1.56. The summed E-state index contributed by atoms with van der Waals surface area (Å²) in [6.07, 6.45) is 0.170. The zero-order valence-corrected chi connectivity index (χ0v) is 18.3. The van der Waals surface area contributed by atoms with Crippen LogP contribution in [-0.2, 0) is 6.42 Å². The zero-order valence-electron chi connectivity index (χ0n) is 18.3. The summed E-state index contributed by atoms with van der Waals surface area (Å²) in [5, 5.41) is 26.6. The number of aliphatic hydroxyl groups excluding tert-OH is 2. The fourth-order valence-corrected chi connectivity index (χ4v) is 3.36. The van der Waals surface area contributed by atoms with Gasteiger partial charge in [0.1, 0.15) is 17.7 Å². The first-order valence-corrected chi connectivity index (χ1v) is 10.5. The van der Waals surface area contributed by atoms with E-state index in [0.29, 0.717) is 18.7 Å². The van der Waals surface area contributed by atoms with Gasteiger partial charge in [0, 0.05) is 17.7 Å². The summed E-state index contributed by atoms with van der Waals surface area (Å²) in [4.78, 5) is 0. The maximum absolute atomic E-state index is 10.2. The predicted octanol–water partition coefficient (Wildman–Crippen LogP) is 3.41. The number of hydrogen-bond acceptors (Lipinski definition) is 7. The van der Waals surface area contributed by atoms with Crippen LogP contribution < -0.4 is 15.8 Å². The normalized spacial score (nSPS) is 14.1. The van der Waals surface area contributed by atoms with E-state index in [0.717, 1.165) is 34.8 Å². The van der Waals surface area contributed by atoms with Gasteiger partial charge in [-0.1, -0.05) is 36.3 Å². The highest BCUT2D eigenvalue weighted by Crippen LogP contribution is 2.27. The van der Waals surface area contributed by atoms with Crippen LogP contribution in [0.4, 0.5) is 5.69 Å². The van der Waals surface area contributed by atoms with Crippen LogP contribution in [0, 0.1) is 13.8 Å². The summed E-state index contributed by atoms with van der Waals surface area (Å²) < 4.78 is 11.1. The van der Waals surface area contributed by atoms with Crippen molar-refractivity contribution in [3.05, 3.63) is 65.5 Å². The van der Waals surface area contributed by atoms with Gasteiger partial charge in [-0.2, -0.15) is 0 Å². The smallest absolute Gasteiger partial charge is 0.144 e. The van der Waals surface area contributed by atoms with E-state index in [1.807, 2.05) is 45.0 Å². The van der Waals surface area contributed by atoms with Gasteiger partial charge in [-0.3, -0.25) is 0 Å². The van der Waals surface area contributed by atoms with Crippen LogP contribution in [0.1, 0.15) is 30.4 Å². The van der Waals surface area contributed by atoms with Crippen LogP contribution in [0.5, 0.6) is 5.75 Å². The molecule has 0 aliphatic rings. The Morgan fingerprint density at radius 1 is 1.13 bits per heavy atom. The molecule has 0 spiro atoms. The first-order chi connectivity index (χ1) is 14.9. The van der Waals surface area contributed by atoms with Crippen molar-refractivity contribution >= 4 is 5.69 Å². The third-order valence-electron chi connectivity index (χ3n) is 5.59. The number of nitrogens with one attached hydrogen (secondary N) is 1. The Morgan fingerprint density at radius 3 is 2.35 bits per heavy atom. The Bertz CT molecular complexity index is 944. The number of anilines is 1. The molecule has 0 radical (unpaired) electrons. The van der Waals surface area contributed by atoms with Crippen LogP contribution >= 0.6 is 0 Å². The molecule has 0 saturated heterocycles. The van der Waals surface area contributed by atoms with Crippen molar-refractivity contribution in [2.45, 2.75) is 45.4 Å². The molecule has 2 aromatic carbocycles. The molecule has 166 valence electrons. The Labute approximate surface area is 182 Å². The second kappa shape index (κ2) is 9.96. The molecule has 0 aliphatic heterocycles. The largest absolute Gasteiger partial charge is 0.493 e. The van der Waals surface area contributed by atoms with Crippen molar-refractivity contribution in [3.63, 3.8) is 0 Å². The highest BCUT2D eigenvalue weighted by atomic mass is 16.5. The summed E-state index contributed by atoms with van der Waals surface area (Å²) in [5.41, 5.74) is 9.82. The number of benzene rings is 2. The molecule has 7 nitrogen and oxygen atoms in total. The Balaban J connectivity index is 1.51. The Hall–Kier alpha value is -2.87. The van der Waals surface area contributed by atoms with Gasteiger partial charge in [-0.15, -0.1) is 0 Å². The molecule has 0 amide bonds. The summed E-state index contributed by atoms with van der Waals surface area (Å²) in [6, 6.07) is 15.6. The van der Waals surface area contributed by atoms with Crippen molar-refractivity contribution in [2.75, 3.05) is 18.5 Å². The second-order valence-electron chi connectivity index (χ2n) is 7.81. The van der Waals surface area contributed by atoms with Crippen LogP contribution in [-0.4, -0.2) is 40.4 Å². The van der Waals surface area contributed by atoms with Gasteiger partial charge < -0.3 is 30.5 Å². The van der Waals surface area contributed by atoms with E-state index < -0.39 is 11.8 Å². The number of nitrogens with two attached hydrogens (primary N) is 1. The first-order valence-electron chi connectivity index (χ1n) is 10.5. The number of ether oxygens (including phenoxy) is 1. The van der Waals surface area contributed by atoms with Gasteiger partial charge in [0.05, 0.1) is 24.4 Å². The van der Waals surface area contributed by atoms with Crippen LogP contribution in [0.3, 0.4) is 0 Å². The lowest BCUT2D eigenvalue weighted by molar-refractivity contribution is 0.0590. The van der Waals surface area contributed by atoms with E-state index >= 15 is 0 Å². The quantitative estimate of drug-likeness (QED) is 0.368. The minimum Gasteiger partial charge on any atom is -0.493 e. The van der Waals surface area contributed by atoms with Crippen molar-refractivity contribution in [1.29, 1.82) is 0 Å². The highest BCUT2D eigenvalue weighted by molar-refractivity contribution is 5.67. The van der Waals surface area contributed by atoms with E-state index in [2.05, 4.69) is 34.7 Å². The third-order valence-corrected chi connectivity index (χ3v) is 5.59. The van der Waals surface area contributed by atoms with Crippen molar-refractivity contribution in [1.82, 2.24) is 5.16 Å². The lowest BCUT2D eigenvalue weighted by Gasteiger charge is -2.32. The third kappa shape index (κ3) is 5.44. The molecule has 0 fully saturated rings. The van der Waals surface area contributed by atoms with Crippen LogP contribution in [0.25, 0.3) is 11.1 Å². The fourth-order valence-electron chi connectivity index (χ4n) is 3.36. The monoisotopic (exact) mass is 425 g/mol. The van der Waals surface area contributed by atoms with E-state index in [1.54, 1.807) is 0 Å². The predicted molar refractivity (Wildman–Crippen MR) is 121 cm³/mol. The minimum absolute atomic E-state index is 0.308. The molecular weight excluding hydrogens is 394 g/mol.